The normalized spacial score (nSPS) is 11.8. The highest BCUT2D eigenvalue weighted by atomic mass is 35.5. The second kappa shape index (κ2) is 8.55. The minimum Gasteiger partial charge on any atom is -0.503 e. The van der Waals surface area contributed by atoms with Crippen molar-refractivity contribution >= 4 is 57.5 Å². The fourth-order valence-corrected chi connectivity index (χ4v) is 4.10. The van der Waals surface area contributed by atoms with Gasteiger partial charge in [0.05, 0.1) is 10.7 Å². The summed E-state index contributed by atoms with van der Waals surface area (Å²) in [5, 5.41) is 24.1. The summed E-state index contributed by atoms with van der Waals surface area (Å²) >= 11 is 19.4. The van der Waals surface area contributed by atoms with Gasteiger partial charge in [0.15, 0.2) is 11.5 Å². The molecule has 0 saturated carbocycles. The Morgan fingerprint density at radius 2 is 1.73 bits per heavy atom. The minimum absolute atomic E-state index is 0.0123. The maximum atomic E-state index is 10.7. The van der Waals surface area contributed by atoms with Crippen molar-refractivity contribution in [2.45, 2.75) is 0 Å². The molecule has 0 atom stereocenters. The van der Waals surface area contributed by atoms with E-state index in [4.69, 9.17) is 39.2 Å². The highest BCUT2D eigenvalue weighted by Crippen LogP contribution is 2.35. The van der Waals surface area contributed by atoms with Crippen LogP contribution >= 0.6 is 46.1 Å². The smallest absolute Gasteiger partial charge is 0.179 e. The van der Waals surface area contributed by atoms with Crippen LogP contribution in [0.4, 0.5) is 0 Å². The molecule has 1 N–H and O–H groups in total. The predicted octanol–water partition coefficient (Wildman–Crippen LogP) is 7.98. The monoisotopic (exact) mass is 472 g/mol. The average Bonchev–Trinajstić information content (AvgIpc) is 3.41. The molecule has 0 saturated heterocycles. The van der Waals surface area contributed by atoms with Crippen molar-refractivity contribution < 1.29 is 9.52 Å². The van der Waals surface area contributed by atoms with Gasteiger partial charge in [-0.1, -0.05) is 46.9 Å². The molecule has 0 amide bonds. The van der Waals surface area contributed by atoms with Crippen molar-refractivity contribution in [2.75, 3.05) is 0 Å². The molecule has 0 unspecified atom stereocenters. The number of aromatic nitrogens is 1. The molecule has 0 bridgehead atoms. The molecule has 4 rings (SSSR count). The number of allylic oxidation sites excluding steroid dienone is 1. The summed E-state index contributed by atoms with van der Waals surface area (Å²) in [6.45, 7) is 0. The summed E-state index contributed by atoms with van der Waals surface area (Å²) in [6, 6.07) is 17.4. The number of nitriles is 1. The number of furan rings is 1. The molecule has 2 heterocycles. The molecule has 8 heteroatoms. The number of hydrogen-bond donors (Lipinski definition) is 1. The number of hydrogen-bond acceptors (Lipinski definition) is 5. The lowest BCUT2D eigenvalue weighted by atomic mass is 10.1. The second-order valence-electron chi connectivity index (χ2n) is 6.17. The molecule has 0 fully saturated rings. The van der Waals surface area contributed by atoms with Gasteiger partial charge in [-0.05, 0) is 42.5 Å². The van der Waals surface area contributed by atoms with Gasteiger partial charge in [-0.3, -0.25) is 0 Å². The standard InChI is InChI=1S/C22H11Cl3N2O2S/c23-13-3-1-12(2-4-13)18-11-30-22(27-18)16(10-26)21(28)20-8-7-19(29-20)15-9-14(24)5-6-17(15)25/h1-9,11,28H/b21-16-. The Bertz CT molecular complexity index is 1300. The number of aliphatic hydroxyl groups excluding tert-OH is 1. The second-order valence-corrected chi connectivity index (χ2v) is 8.31. The van der Waals surface area contributed by atoms with E-state index in [1.54, 1.807) is 42.5 Å². The third-order valence-corrected chi connectivity index (χ3v) is 5.92. The first-order valence-electron chi connectivity index (χ1n) is 8.57. The third-order valence-electron chi connectivity index (χ3n) is 4.24. The molecule has 2 aromatic heterocycles. The Labute approximate surface area is 191 Å². The third kappa shape index (κ3) is 4.09. The summed E-state index contributed by atoms with van der Waals surface area (Å²) in [7, 11) is 0. The first-order chi connectivity index (χ1) is 14.5. The molecule has 0 aliphatic rings. The number of benzene rings is 2. The van der Waals surface area contributed by atoms with E-state index < -0.39 is 0 Å². The SMILES string of the molecule is N#C/C(=C(/O)c1ccc(-c2cc(Cl)ccc2Cl)o1)c1nc(-c2ccc(Cl)cc2)cs1. The van der Waals surface area contributed by atoms with Gasteiger partial charge in [0, 0.05) is 26.6 Å². The Balaban J connectivity index is 1.70. The van der Waals surface area contributed by atoms with E-state index in [-0.39, 0.29) is 17.1 Å². The van der Waals surface area contributed by atoms with Gasteiger partial charge in [0.1, 0.15) is 22.4 Å². The number of aliphatic hydroxyl groups is 1. The summed E-state index contributed by atoms with van der Waals surface area (Å²) in [5.74, 6) is 0.238. The molecule has 0 aliphatic heterocycles. The highest BCUT2D eigenvalue weighted by Gasteiger charge is 2.19. The van der Waals surface area contributed by atoms with Crippen molar-refractivity contribution in [3.63, 3.8) is 0 Å². The zero-order chi connectivity index (χ0) is 21.3. The predicted molar refractivity (Wildman–Crippen MR) is 122 cm³/mol. The van der Waals surface area contributed by atoms with E-state index >= 15 is 0 Å². The Hall–Kier alpha value is -2.75. The van der Waals surface area contributed by atoms with Gasteiger partial charge in [0.2, 0.25) is 0 Å². The molecule has 148 valence electrons. The van der Waals surface area contributed by atoms with Crippen LogP contribution in [0.3, 0.4) is 0 Å². The van der Waals surface area contributed by atoms with Crippen LogP contribution < -0.4 is 0 Å². The van der Waals surface area contributed by atoms with Gasteiger partial charge in [-0.15, -0.1) is 11.3 Å². The average molecular weight is 474 g/mol. The largest absolute Gasteiger partial charge is 0.503 e. The number of rotatable bonds is 4. The number of halogens is 3. The van der Waals surface area contributed by atoms with E-state index in [0.717, 1.165) is 5.56 Å². The fraction of sp³-hybridized carbons (Fsp3) is 0. The lowest BCUT2D eigenvalue weighted by Crippen LogP contribution is -1.89. The molecule has 2 aromatic carbocycles. The van der Waals surface area contributed by atoms with Crippen molar-refractivity contribution in [3.05, 3.63) is 85.8 Å². The van der Waals surface area contributed by atoms with Crippen molar-refractivity contribution in [2.24, 2.45) is 0 Å². The maximum absolute atomic E-state index is 10.7. The number of nitrogens with zero attached hydrogens (tertiary/aromatic N) is 2. The van der Waals surface area contributed by atoms with Crippen LogP contribution in [0.25, 0.3) is 33.9 Å². The topological polar surface area (TPSA) is 70.0 Å². The van der Waals surface area contributed by atoms with Crippen LogP contribution in [0, 0.1) is 11.3 Å². The van der Waals surface area contributed by atoms with Crippen LogP contribution in [0.2, 0.25) is 15.1 Å². The number of thiazole rings is 1. The zero-order valence-corrected chi connectivity index (χ0v) is 18.1. The summed E-state index contributed by atoms with van der Waals surface area (Å²) in [4.78, 5) is 4.47. The van der Waals surface area contributed by atoms with Gasteiger partial charge < -0.3 is 9.52 Å². The first-order valence-corrected chi connectivity index (χ1v) is 10.6. The van der Waals surface area contributed by atoms with Crippen molar-refractivity contribution in [3.8, 4) is 28.7 Å². The van der Waals surface area contributed by atoms with Crippen LogP contribution in [0.1, 0.15) is 10.8 Å². The quantitative estimate of drug-likeness (QED) is 0.241. The van der Waals surface area contributed by atoms with Crippen molar-refractivity contribution in [1.29, 1.82) is 5.26 Å². The van der Waals surface area contributed by atoms with E-state index in [9.17, 15) is 10.4 Å². The van der Waals surface area contributed by atoms with Gasteiger partial charge in [-0.2, -0.15) is 5.26 Å². The van der Waals surface area contributed by atoms with Crippen LogP contribution in [0.5, 0.6) is 0 Å². The highest BCUT2D eigenvalue weighted by molar-refractivity contribution is 7.11. The van der Waals surface area contributed by atoms with Gasteiger partial charge in [-0.25, -0.2) is 4.98 Å². The van der Waals surface area contributed by atoms with E-state index in [2.05, 4.69) is 4.98 Å². The van der Waals surface area contributed by atoms with Crippen molar-refractivity contribution in [1.82, 2.24) is 4.98 Å². The Morgan fingerprint density at radius 1 is 1.00 bits per heavy atom. The molecule has 4 nitrogen and oxygen atoms in total. The lowest BCUT2D eigenvalue weighted by molar-refractivity contribution is 0.466. The van der Waals surface area contributed by atoms with Gasteiger partial charge >= 0.3 is 0 Å². The fourth-order valence-electron chi connectivity index (χ4n) is 2.76. The van der Waals surface area contributed by atoms with E-state index in [0.29, 0.717) is 37.1 Å². The molecule has 0 spiro atoms. The zero-order valence-electron chi connectivity index (χ0n) is 15.1. The van der Waals surface area contributed by atoms with E-state index in [1.807, 2.05) is 23.6 Å². The summed E-state index contributed by atoms with van der Waals surface area (Å²) in [5.41, 5.74) is 2.13. The Morgan fingerprint density at radius 3 is 2.47 bits per heavy atom. The maximum Gasteiger partial charge on any atom is 0.179 e. The Kier molecular flexibility index (Phi) is 5.85. The molecular weight excluding hydrogens is 463 g/mol. The molecule has 0 aliphatic carbocycles. The summed E-state index contributed by atoms with van der Waals surface area (Å²) < 4.78 is 5.74. The van der Waals surface area contributed by atoms with Gasteiger partial charge in [0.25, 0.3) is 0 Å². The molecular formula is C22H11Cl3N2O2S. The molecule has 0 radical (unpaired) electrons. The lowest BCUT2D eigenvalue weighted by Gasteiger charge is -2.02. The van der Waals surface area contributed by atoms with E-state index in [1.165, 1.54) is 11.3 Å². The molecule has 30 heavy (non-hydrogen) atoms. The van der Waals surface area contributed by atoms with Crippen LogP contribution in [-0.2, 0) is 0 Å². The minimum atomic E-state index is -0.307. The molecule has 4 aromatic rings. The van der Waals surface area contributed by atoms with Crippen LogP contribution in [0.15, 0.2) is 64.4 Å². The first kappa shape index (κ1) is 20.5. The van der Waals surface area contributed by atoms with Crippen LogP contribution in [-0.4, -0.2) is 10.1 Å². The summed E-state index contributed by atoms with van der Waals surface area (Å²) in [6.07, 6.45) is 0.